The van der Waals surface area contributed by atoms with Gasteiger partial charge in [0.15, 0.2) is 5.78 Å². The summed E-state index contributed by atoms with van der Waals surface area (Å²) in [7, 11) is 1.82. The zero-order chi connectivity index (χ0) is 21.3. The molecular formula is C21H26N6O3. The van der Waals surface area contributed by atoms with Crippen LogP contribution in [-0.2, 0) is 18.3 Å². The van der Waals surface area contributed by atoms with Crippen LogP contribution in [0.3, 0.4) is 0 Å². The molecule has 30 heavy (non-hydrogen) atoms. The van der Waals surface area contributed by atoms with Crippen LogP contribution < -0.4 is 5.56 Å². The highest BCUT2D eigenvalue weighted by molar-refractivity contribution is 5.96. The van der Waals surface area contributed by atoms with Gasteiger partial charge in [-0.15, -0.1) is 0 Å². The van der Waals surface area contributed by atoms with Crippen LogP contribution in [0.15, 0.2) is 29.7 Å². The number of carbonyl (C=O) groups is 2. The Hall–Kier alpha value is -3.23. The number of Topliss-reactive ketones (excluding diaryl/α,β-unsaturated/α-hetero) is 1. The van der Waals surface area contributed by atoms with Crippen molar-refractivity contribution in [3.05, 3.63) is 52.4 Å². The SMILES string of the molecule is Cc1cnc2c(=O)[nH]c(CCCC(=O)N3CCC(C(=O)c4cncn4C)CC3)cn12. The Morgan fingerprint density at radius 3 is 2.70 bits per heavy atom. The minimum Gasteiger partial charge on any atom is -0.343 e. The van der Waals surface area contributed by atoms with Crippen molar-refractivity contribution in [3.63, 3.8) is 0 Å². The Bertz CT molecular complexity index is 1130. The molecule has 1 fully saturated rings. The molecule has 0 spiro atoms. The standard InChI is InChI=1S/C21H26N6O3/c1-14-10-23-20-21(30)24-16(12-27(14)20)4-3-5-18(28)26-8-6-15(7-9-26)19(29)17-11-22-13-25(17)2/h10-13,15H,3-9H2,1-2H3,(H,24,30). The van der Waals surface area contributed by atoms with Crippen LogP contribution in [0.5, 0.6) is 0 Å². The van der Waals surface area contributed by atoms with Crippen molar-refractivity contribution < 1.29 is 9.59 Å². The number of ketones is 1. The van der Waals surface area contributed by atoms with Gasteiger partial charge in [0.05, 0.1) is 12.5 Å². The van der Waals surface area contributed by atoms with Gasteiger partial charge in [-0.1, -0.05) is 0 Å². The second-order valence-corrected chi connectivity index (χ2v) is 7.96. The largest absolute Gasteiger partial charge is 0.343 e. The van der Waals surface area contributed by atoms with Gasteiger partial charge in [-0.05, 0) is 32.6 Å². The molecule has 1 saturated heterocycles. The van der Waals surface area contributed by atoms with Crippen molar-refractivity contribution in [2.75, 3.05) is 13.1 Å². The average molecular weight is 410 g/mol. The number of carbonyl (C=O) groups excluding carboxylic acids is 2. The van der Waals surface area contributed by atoms with Crippen LogP contribution >= 0.6 is 0 Å². The molecule has 4 rings (SSSR count). The third kappa shape index (κ3) is 3.92. The first kappa shape index (κ1) is 20.1. The highest BCUT2D eigenvalue weighted by atomic mass is 16.2. The molecule has 0 radical (unpaired) electrons. The number of nitrogens with zero attached hydrogens (tertiary/aromatic N) is 5. The van der Waals surface area contributed by atoms with Crippen LogP contribution in [0.2, 0.25) is 0 Å². The average Bonchev–Trinajstić information content (AvgIpc) is 3.33. The van der Waals surface area contributed by atoms with Crippen LogP contribution in [0, 0.1) is 12.8 Å². The van der Waals surface area contributed by atoms with E-state index in [1.807, 2.05) is 25.1 Å². The summed E-state index contributed by atoms with van der Waals surface area (Å²) in [5, 5.41) is 0. The van der Waals surface area contributed by atoms with Gasteiger partial charge in [0.25, 0.3) is 5.56 Å². The lowest BCUT2D eigenvalue weighted by Gasteiger charge is -2.31. The maximum Gasteiger partial charge on any atom is 0.291 e. The molecule has 9 nitrogen and oxygen atoms in total. The van der Waals surface area contributed by atoms with Gasteiger partial charge in [-0.25, -0.2) is 9.97 Å². The molecule has 0 bridgehead atoms. The predicted molar refractivity (Wildman–Crippen MR) is 110 cm³/mol. The first-order chi connectivity index (χ1) is 14.4. The quantitative estimate of drug-likeness (QED) is 0.620. The maximum absolute atomic E-state index is 12.6. The van der Waals surface area contributed by atoms with E-state index in [0.29, 0.717) is 56.5 Å². The number of amides is 1. The van der Waals surface area contributed by atoms with E-state index >= 15 is 0 Å². The van der Waals surface area contributed by atoms with E-state index in [-0.39, 0.29) is 23.2 Å². The topological polar surface area (TPSA) is 105 Å². The first-order valence-electron chi connectivity index (χ1n) is 10.3. The van der Waals surface area contributed by atoms with Gasteiger partial charge in [0.1, 0.15) is 5.69 Å². The molecule has 1 amide bonds. The van der Waals surface area contributed by atoms with E-state index in [9.17, 15) is 14.4 Å². The number of hydrogen-bond acceptors (Lipinski definition) is 5. The van der Waals surface area contributed by atoms with Gasteiger partial charge in [0, 0.05) is 56.3 Å². The molecule has 0 saturated carbocycles. The molecule has 1 N–H and O–H groups in total. The van der Waals surface area contributed by atoms with Gasteiger partial charge in [-0.2, -0.15) is 0 Å². The predicted octanol–water partition coefficient (Wildman–Crippen LogP) is 1.51. The number of likely N-dealkylation sites (tertiary alicyclic amines) is 1. The summed E-state index contributed by atoms with van der Waals surface area (Å²) in [6.07, 6.45) is 9.83. The van der Waals surface area contributed by atoms with Crippen LogP contribution in [0.25, 0.3) is 5.65 Å². The number of fused-ring (bicyclic) bond motifs is 1. The molecule has 158 valence electrons. The van der Waals surface area contributed by atoms with E-state index in [2.05, 4.69) is 15.0 Å². The first-order valence-corrected chi connectivity index (χ1v) is 10.3. The van der Waals surface area contributed by atoms with E-state index in [1.165, 1.54) is 0 Å². The Labute approximate surface area is 173 Å². The molecular weight excluding hydrogens is 384 g/mol. The van der Waals surface area contributed by atoms with Crippen LogP contribution in [0.1, 0.15) is 47.6 Å². The van der Waals surface area contributed by atoms with Crippen molar-refractivity contribution in [2.24, 2.45) is 13.0 Å². The number of piperidine rings is 1. The fraction of sp³-hybridized carbons (Fsp3) is 0.476. The van der Waals surface area contributed by atoms with Crippen molar-refractivity contribution in [1.82, 2.24) is 28.8 Å². The summed E-state index contributed by atoms with van der Waals surface area (Å²) in [5.74, 6) is 0.152. The second kappa shape index (κ2) is 8.25. The highest BCUT2D eigenvalue weighted by Gasteiger charge is 2.28. The summed E-state index contributed by atoms with van der Waals surface area (Å²) in [6, 6.07) is 0. The second-order valence-electron chi connectivity index (χ2n) is 7.96. The lowest BCUT2D eigenvalue weighted by Crippen LogP contribution is -2.40. The molecule has 0 aliphatic carbocycles. The number of H-pyrrole nitrogens is 1. The fourth-order valence-corrected chi connectivity index (χ4v) is 4.08. The number of hydrogen-bond donors (Lipinski definition) is 1. The number of rotatable bonds is 6. The van der Waals surface area contributed by atoms with Crippen LogP contribution in [-0.4, -0.2) is 53.6 Å². The zero-order valence-corrected chi connectivity index (χ0v) is 17.3. The fourth-order valence-electron chi connectivity index (χ4n) is 4.08. The van der Waals surface area contributed by atoms with Crippen molar-refractivity contribution in [3.8, 4) is 0 Å². The molecule has 0 unspecified atom stereocenters. The Balaban J connectivity index is 1.27. The number of aromatic amines is 1. The lowest BCUT2D eigenvalue weighted by molar-refractivity contribution is -0.132. The number of aryl methyl sites for hydroxylation is 3. The molecule has 0 atom stereocenters. The van der Waals surface area contributed by atoms with E-state index in [1.54, 1.807) is 27.7 Å². The van der Waals surface area contributed by atoms with Crippen molar-refractivity contribution >= 4 is 17.3 Å². The Kier molecular flexibility index (Phi) is 5.52. The third-order valence-electron chi connectivity index (χ3n) is 5.87. The molecule has 3 aromatic heterocycles. The molecule has 1 aliphatic rings. The number of imidazole rings is 2. The Morgan fingerprint density at radius 2 is 2.00 bits per heavy atom. The van der Waals surface area contributed by atoms with E-state index in [0.717, 1.165) is 11.4 Å². The van der Waals surface area contributed by atoms with Gasteiger partial charge >= 0.3 is 0 Å². The normalized spacial score (nSPS) is 15.1. The van der Waals surface area contributed by atoms with Crippen LogP contribution in [0.4, 0.5) is 0 Å². The van der Waals surface area contributed by atoms with E-state index < -0.39 is 0 Å². The minimum atomic E-state index is -0.216. The summed E-state index contributed by atoms with van der Waals surface area (Å²) in [5.41, 5.74) is 2.49. The van der Waals surface area contributed by atoms with Crippen molar-refractivity contribution in [1.29, 1.82) is 0 Å². The van der Waals surface area contributed by atoms with Gasteiger partial charge in [0.2, 0.25) is 11.6 Å². The molecule has 0 aromatic carbocycles. The Morgan fingerprint density at radius 1 is 1.23 bits per heavy atom. The smallest absolute Gasteiger partial charge is 0.291 e. The minimum absolute atomic E-state index is 0.0559. The number of nitrogens with one attached hydrogen (secondary N) is 1. The summed E-state index contributed by atoms with van der Waals surface area (Å²) in [6.45, 7) is 3.10. The van der Waals surface area contributed by atoms with E-state index in [4.69, 9.17) is 0 Å². The summed E-state index contributed by atoms with van der Waals surface area (Å²) >= 11 is 0. The van der Waals surface area contributed by atoms with Gasteiger partial charge in [-0.3, -0.25) is 18.8 Å². The monoisotopic (exact) mass is 410 g/mol. The lowest BCUT2D eigenvalue weighted by atomic mass is 9.91. The van der Waals surface area contributed by atoms with Gasteiger partial charge < -0.3 is 14.5 Å². The zero-order valence-electron chi connectivity index (χ0n) is 17.3. The summed E-state index contributed by atoms with van der Waals surface area (Å²) in [4.78, 5) is 50.1. The highest BCUT2D eigenvalue weighted by Crippen LogP contribution is 2.22. The molecule has 4 heterocycles. The third-order valence-corrected chi connectivity index (χ3v) is 5.87. The molecule has 3 aromatic rings. The summed E-state index contributed by atoms with van der Waals surface area (Å²) < 4.78 is 3.52. The molecule has 9 heteroatoms. The van der Waals surface area contributed by atoms with Crippen molar-refractivity contribution in [2.45, 2.75) is 39.0 Å². The maximum atomic E-state index is 12.6. The number of aromatic nitrogens is 5. The molecule has 1 aliphatic heterocycles.